The molecule has 0 radical (unpaired) electrons. The molecule has 0 atom stereocenters. The van der Waals surface area contributed by atoms with Crippen molar-refractivity contribution in [2.45, 2.75) is 46.6 Å². The van der Waals surface area contributed by atoms with Crippen LogP contribution in [0.3, 0.4) is 0 Å². The number of nitrogens with one attached hydrogen (secondary N) is 11. The van der Waals surface area contributed by atoms with Gasteiger partial charge in [-0.25, -0.2) is 21.7 Å². The van der Waals surface area contributed by atoms with Gasteiger partial charge in [-0.05, 0) is 95.1 Å². The van der Waals surface area contributed by atoms with Gasteiger partial charge in [0, 0.05) is 56.5 Å². The molecule has 21 heteroatoms. The Morgan fingerprint density at radius 1 is 0.482 bits per heavy atom. The van der Waals surface area contributed by atoms with Crippen molar-refractivity contribution in [1.82, 2.24) is 21.7 Å². The zero-order chi connectivity index (χ0) is 41.1. The van der Waals surface area contributed by atoms with E-state index in [0.29, 0.717) is 62.2 Å². The summed E-state index contributed by atoms with van der Waals surface area (Å²) in [5.74, 6) is -2.48. The van der Waals surface area contributed by atoms with Crippen molar-refractivity contribution in [1.29, 1.82) is 21.6 Å². The van der Waals surface area contributed by atoms with Crippen molar-refractivity contribution >= 4 is 75.6 Å². The average molecular weight is 764 g/mol. The number of hydrazone groups is 4. The minimum atomic E-state index is -0.520. The molecule has 1 aliphatic carbocycles. The number of carbonyl (C=O) groups excluding carboxylic acids is 2. The van der Waals surface area contributed by atoms with E-state index in [1.165, 1.54) is 6.07 Å². The molecule has 4 rings (SSSR count). The Bertz CT molecular complexity index is 1960. The summed E-state index contributed by atoms with van der Waals surface area (Å²) in [5, 5.41) is 55.4. The van der Waals surface area contributed by atoms with Gasteiger partial charge in [0.15, 0.2) is 0 Å². The van der Waals surface area contributed by atoms with Crippen molar-refractivity contribution in [2.75, 3.05) is 16.0 Å². The molecule has 19 N–H and O–H groups in total. The molecule has 0 heterocycles. The summed E-state index contributed by atoms with van der Waals surface area (Å²) in [4.78, 5) is 27.8. The second-order valence-corrected chi connectivity index (χ2v) is 12.6. The molecule has 0 aromatic heterocycles. The summed E-state index contributed by atoms with van der Waals surface area (Å²) in [7, 11) is 0. The molecule has 3 aromatic carbocycles. The molecule has 292 valence electrons. The maximum atomic E-state index is 13.9. The first-order chi connectivity index (χ1) is 26.5. The largest absolute Gasteiger partial charge is 0.382 e. The first-order valence-corrected chi connectivity index (χ1v) is 16.9. The fraction of sp³-hybridized carbons (Fsp3) is 0.200. The van der Waals surface area contributed by atoms with Crippen molar-refractivity contribution in [3.63, 3.8) is 0 Å². The number of guanidine groups is 4. The molecule has 0 aliphatic heterocycles. The van der Waals surface area contributed by atoms with Crippen LogP contribution in [-0.4, -0.2) is 64.5 Å². The Morgan fingerprint density at radius 2 is 0.750 bits per heavy atom. The third-order valence-electron chi connectivity index (χ3n) is 7.83. The lowest BCUT2D eigenvalue weighted by atomic mass is 10.0. The smallest absolute Gasteiger partial charge is 0.255 e. The fourth-order valence-electron chi connectivity index (χ4n) is 4.91. The van der Waals surface area contributed by atoms with Crippen molar-refractivity contribution in [3.05, 3.63) is 88.0 Å². The molecular weight excluding hydrogens is 719 g/mol. The summed E-state index contributed by atoms with van der Waals surface area (Å²) < 4.78 is 0. The number of benzene rings is 3. The second-order valence-electron chi connectivity index (χ2n) is 12.6. The van der Waals surface area contributed by atoms with Gasteiger partial charge in [-0.15, -0.1) is 0 Å². The molecule has 0 unspecified atom stereocenters. The zero-order valence-electron chi connectivity index (χ0n) is 31.1. The fourth-order valence-corrected chi connectivity index (χ4v) is 4.91. The van der Waals surface area contributed by atoms with Crippen LogP contribution in [0.15, 0.2) is 75.0 Å². The van der Waals surface area contributed by atoms with Gasteiger partial charge in [-0.1, -0.05) is 0 Å². The van der Waals surface area contributed by atoms with Gasteiger partial charge in [-0.2, -0.15) is 20.4 Å². The lowest BCUT2D eigenvalue weighted by molar-refractivity contribution is 0.102. The van der Waals surface area contributed by atoms with Gasteiger partial charge in [-0.3, -0.25) is 31.2 Å². The van der Waals surface area contributed by atoms with E-state index in [2.05, 4.69) is 58.1 Å². The van der Waals surface area contributed by atoms with Gasteiger partial charge in [0.25, 0.3) is 11.8 Å². The topological polar surface area (TPSA) is 367 Å². The molecule has 1 fully saturated rings. The normalized spacial score (nSPS) is 13.2. The number of hydrogen-bond acceptors (Lipinski definition) is 11. The van der Waals surface area contributed by atoms with E-state index in [1.54, 1.807) is 76.2 Å². The predicted molar refractivity (Wildman–Crippen MR) is 221 cm³/mol. The highest BCUT2D eigenvalue weighted by Crippen LogP contribution is 2.27. The molecule has 0 bridgehead atoms. The summed E-state index contributed by atoms with van der Waals surface area (Å²) in [6.45, 7) is 6.75. The van der Waals surface area contributed by atoms with E-state index in [-0.39, 0.29) is 41.0 Å². The summed E-state index contributed by atoms with van der Waals surface area (Å²) >= 11 is 0. The number of nitrogens with zero attached hydrogens (tertiary/aromatic N) is 4. The molecule has 0 spiro atoms. The quantitative estimate of drug-likeness (QED) is 0.0635. The van der Waals surface area contributed by atoms with Crippen molar-refractivity contribution in [3.8, 4) is 0 Å². The van der Waals surface area contributed by atoms with Crippen LogP contribution < -0.4 is 60.6 Å². The Hall–Kier alpha value is -7.84. The molecule has 1 aliphatic rings. The van der Waals surface area contributed by atoms with Crippen LogP contribution in [-0.2, 0) is 0 Å². The molecule has 56 heavy (non-hydrogen) atoms. The molecule has 1 saturated carbocycles. The molecule has 3 aromatic rings. The number of rotatable bonds is 14. The highest BCUT2D eigenvalue weighted by Gasteiger charge is 2.23. The van der Waals surface area contributed by atoms with Crippen molar-refractivity contribution < 1.29 is 9.59 Å². The van der Waals surface area contributed by atoms with E-state index in [9.17, 15) is 9.59 Å². The van der Waals surface area contributed by atoms with Crippen LogP contribution >= 0.6 is 0 Å². The van der Waals surface area contributed by atoms with E-state index in [0.717, 1.165) is 12.8 Å². The molecule has 21 nitrogen and oxygen atoms in total. The van der Waals surface area contributed by atoms with Gasteiger partial charge in [0.1, 0.15) is 0 Å². The second kappa shape index (κ2) is 18.3. The SMILES string of the molecule is C/C(=N/NC(=N)N)c1cc(NC(=O)c2cc(NC3CC3)cc(C(=O)Nc3cc(/C(C)=N\NC(=N)N)cc(/C(C)=N/NC(=N)N)c3)c2)cc(/C(C)=N\NC(=N)N)c1. The van der Waals surface area contributed by atoms with Crippen LogP contribution in [0, 0.1) is 21.6 Å². The molecule has 2 amide bonds. The highest BCUT2D eigenvalue weighted by atomic mass is 16.2. The third-order valence-corrected chi connectivity index (χ3v) is 7.83. The molecule has 0 saturated heterocycles. The van der Waals surface area contributed by atoms with Crippen LogP contribution in [0.1, 0.15) is 83.5 Å². The Morgan fingerprint density at radius 3 is 1.02 bits per heavy atom. The zero-order valence-corrected chi connectivity index (χ0v) is 31.1. The monoisotopic (exact) mass is 763 g/mol. The summed E-state index contributed by atoms with van der Waals surface area (Å²) in [5.41, 5.74) is 36.9. The van der Waals surface area contributed by atoms with Crippen LogP contribution in [0.4, 0.5) is 17.1 Å². The van der Waals surface area contributed by atoms with Crippen LogP contribution in [0.25, 0.3) is 0 Å². The van der Waals surface area contributed by atoms with E-state index in [4.69, 9.17) is 44.6 Å². The number of anilines is 3. The molecular formula is C35H45N19O2. The standard InChI is InChI=1S/C35H45N19O2/c1-16(47-51-32(36)37)20-7-21(17(2)48-52-33(38)39)11-28(10-20)45-30(55)24-9-25(15-27(14-24)44-26-5-6-26)31(56)46-29-12-22(18(3)49-53-34(40)41)8-23(13-29)19(4)50-54-35(42)43/h7-15,26,44H,5-6H2,1-4H3,(H,45,55)(H,46,56)(H4,36,37,51)(H4,38,39,52)(H4,40,41,53)(H4,42,43,54)/b47-16-,48-17-,49-18-,50-19+. The number of carbonyl (C=O) groups is 2. The lowest BCUT2D eigenvalue weighted by Gasteiger charge is -2.15. The van der Waals surface area contributed by atoms with Crippen LogP contribution in [0.2, 0.25) is 0 Å². The number of amides is 2. The number of nitrogens with two attached hydrogens (primary N) is 4. The summed E-state index contributed by atoms with van der Waals surface area (Å²) in [6.07, 6.45) is 1.89. The average Bonchev–Trinajstić information content (AvgIpc) is 3.97. The lowest BCUT2D eigenvalue weighted by Crippen LogP contribution is -2.27. The summed E-state index contributed by atoms with van der Waals surface area (Å²) in [6, 6.07) is 15.2. The first kappa shape index (κ1) is 40.9. The van der Waals surface area contributed by atoms with Gasteiger partial charge >= 0.3 is 0 Å². The van der Waals surface area contributed by atoms with E-state index < -0.39 is 11.8 Å². The Balaban J connectivity index is 1.71. The van der Waals surface area contributed by atoms with Gasteiger partial charge in [0.2, 0.25) is 23.8 Å². The van der Waals surface area contributed by atoms with Crippen molar-refractivity contribution in [2.24, 2.45) is 43.3 Å². The highest BCUT2D eigenvalue weighted by molar-refractivity contribution is 6.12. The van der Waals surface area contributed by atoms with E-state index >= 15 is 0 Å². The van der Waals surface area contributed by atoms with E-state index in [1.807, 2.05) is 0 Å². The maximum Gasteiger partial charge on any atom is 0.255 e. The Kier molecular flexibility index (Phi) is 13.4. The predicted octanol–water partition coefficient (Wildman–Crippen LogP) is 1.59. The Labute approximate surface area is 321 Å². The minimum absolute atomic E-state index is 0.186. The van der Waals surface area contributed by atoms with Crippen LogP contribution in [0.5, 0.6) is 0 Å². The minimum Gasteiger partial charge on any atom is -0.382 e. The number of hydrogen-bond donors (Lipinski definition) is 15. The van der Waals surface area contributed by atoms with Gasteiger partial charge < -0.3 is 38.9 Å². The first-order valence-electron chi connectivity index (χ1n) is 16.9. The maximum absolute atomic E-state index is 13.9. The van der Waals surface area contributed by atoms with Gasteiger partial charge in [0.05, 0.1) is 22.8 Å². The third kappa shape index (κ3) is 12.4.